The van der Waals surface area contributed by atoms with Gasteiger partial charge in [-0.25, -0.2) is 4.79 Å². The molecule has 0 radical (unpaired) electrons. The van der Waals surface area contributed by atoms with Gasteiger partial charge in [0.2, 0.25) is 0 Å². The molecule has 1 aromatic heterocycles. The second kappa shape index (κ2) is 15.7. The number of fused-ring (bicyclic) bond motifs is 1. The largest absolute Gasteiger partial charge is 0.448 e. The van der Waals surface area contributed by atoms with Gasteiger partial charge in [0.05, 0.1) is 5.52 Å². The summed E-state index contributed by atoms with van der Waals surface area (Å²) in [6, 6.07) is 7.89. The number of nitrogens with two attached hydrogens (primary N) is 1. The molecule has 1 unspecified atom stereocenters. The van der Waals surface area contributed by atoms with Gasteiger partial charge >= 0.3 is 6.09 Å². The zero-order valence-corrected chi connectivity index (χ0v) is 17.9. The van der Waals surface area contributed by atoms with E-state index < -0.39 is 6.09 Å². The van der Waals surface area contributed by atoms with Crippen LogP contribution in [-0.4, -0.2) is 36.8 Å². The van der Waals surface area contributed by atoms with Crippen LogP contribution in [0.1, 0.15) is 33.6 Å². The van der Waals surface area contributed by atoms with Gasteiger partial charge in [-0.05, 0) is 44.0 Å². The Bertz CT molecular complexity index is 697. The van der Waals surface area contributed by atoms with E-state index in [9.17, 15) is 4.79 Å². The highest BCUT2D eigenvalue weighted by Crippen LogP contribution is 2.25. The molecule has 28 heavy (non-hydrogen) atoms. The molecule has 1 heterocycles. The van der Waals surface area contributed by atoms with Crippen molar-refractivity contribution in [1.29, 1.82) is 0 Å². The number of anilines is 1. The monoisotopic (exact) mass is 408 g/mol. The Kier molecular flexibility index (Phi) is 14.4. The number of aromatic nitrogens is 1. The number of halogens is 1. The van der Waals surface area contributed by atoms with Crippen molar-refractivity contribution < 1.29 is 9.53 Å². The average molecular weight is 409 g/mol. The van der Waals surface area contributed by atoms with E-state index in [0.29, 0.717) is 18.1 Å². The number of amides is 1. The minimum absolute atomic E-state index is 0.239. The maximum Gasteiger partial charge on any atom is 0.407 e. The first-order valence-corrected chi connectivity index (χ1v) is 9.89. The molecular weight excluding hydrogens is 376 g/mol. The summed E-state index contributed by atoms with van der Waals surface area (Å²) in [4.78, 5) is 15.6. The predicted octanol–water partition coefficient (Wildman–Crippen LogP) is 4.98. The van der Waals surface area contributed by atoms with Gasteiger partial charge in [-0.15, -0.1) is 13.2 Å². The van der Waals surface area contributed by atoms with Gasteiger partial charge in [0.15, 0.2) is 0 Å². The van der Waals surface area contributed by atoms with Crippen LogP contribution in [0.25, 0.3) is 10.9 Å². The van der Waals surface area contributed by atoms with E-state index in [-0.39, 0.29) is 12.6 Å². The molecule has 4 N–H and O–H groups in total. The molecule has 1 amide bonds. The van der Waals surface area contributed by atoms with Crippen molar-refractivity contribution in [2.45, 2.75) is 39.7 Å². The maximum atomic E-state index is 11.3. The smallest absolute Gasteiger partial charge is 0.407 e. The Balaban J connectivity index is 0.00000171. The molecule has 0 fully saturated rings. The third kappa shape index (κ3) is 9.58. The molecule has 0 saturated heterocycles. The van der Waals surface area contributed by atoms with E-state index in [2.05, 4.69) is 35.7 Å². The standard InChI is InChI=1S/C17H23ClN4O2.C2H6.C2H4/c1-12(3-2-8-21-17(23)24-10-7-19)22-15-6-9-20-16-11-13(18)4-5-14(15)16;2*1-2/h4-6,9,11-12H,2-3,7-8,10,19H2,1H3,(H,20,22)(H,21,23);1-2H3;1-2H2. The second-order valence-electron chi connectivity index (χ2n) is 5.56. The molecule has 0 bridgehead atoms. The Labute approximate surface area is 173 Å². The fourth-order valence-corrected chi connectivity index (χ4v) is 2.55. The number of carbonyl (C=O) groups is 1. The maximum absolute atomic E-state index is 11.3. The number of nitrogens with one attached hydrogen (secondary N) is 2. The van der Waals surface area contributed by atoms with Crippen LogP contribution in [0, 0.1) is 0 Å². The lowest BCUT2D eigenvalue weighted by atomic mass is 10.1. The predicted molar refractivity (Wildman–Crippen MR) is 120 cm³/mol. The van der Waals surface area contributed by atoms with Crippen LogP contribution in [0.5, 0.6) is 0 Å². The van der Waals surface area contributed by atoms with E-state index in [1.54, 1.807) is 6.20 Å². The topological polar surface area (TPSA) is 89.3 Å². The number of alkyl carbamates (subject to hydrolysis) is 1. The Hall–Kier alpha value is -2.31. The number of hydrogen-bond acceptors (Lipinski definition) is 5. The lowest BCUT2D eigenvalue weighted by molar-refractivity contribution is 0.149. The highest BCUT2D eigenvalue weighted by atomic mass is 35.5. The Morgan fingerprint density at radius 3 is 2.71 bits per heavy atom. The molecule has 7 heteroatoms. The molecule has 2 aromatic rings. The summed E-state index contributed by atoms with van der Waals surface area (Å²) in [5, 5.41) is 7.90. The van der Waals surface area contributed by atoms with Gasteiger partial charge in [0.1, 0.15) is 6.61 Å². The van der Waals surface area contributed by atoms with E-state index in [1.807, 2.05) is 38.1 Å². The van der Waals surface area contributed by atoms with E-state index in [4.69, 9.17) is 22.1 Å². The fraction of sp³-hybridized carbons (Fsp3) is 0.429. The van der Waals surface area contributed by atoms with Crippen molar-refractivity contribution in [2.75, 3.05) is 25.0 Å². The third-order valence-corrected chi connectivity index (χ3v) is 3.78. The van der Waals surface area contributed by atoms with Crippen molar-refractivity contribution in [1.82, 2.24) is 10.3 Å². The van der Waals surface area contributed by atoms with Crippen molar-refractivity contribution in [3.05, 3.63) is 48.6 Å². The molecular formula is C21H33ClN4O2. The first-order valence-electron chi connectivity index (χ1n) is 9.51. The normalized spacial score (nSPS) is 10.6. The highest BCUT2D eigenvalue weighted by molar-refractivity contribution is 6.31. The van der Waals surface area contributed by atoms with Gasteiger partial charge in [-0.3, -0.25) is 4.98 Å². The number of pyridine rings is 1. The molecule has 2 rings (SSSR count). The zero-order chi connectivity index (χ0) is 21.4. The van der Waals surface area contributed by atoms with Crippen LogP contribution in [0.3, 0.4) is 0 Å². The molecule has 1 aromatic carbocycles. The molecule has 6 nitrogen and oxygen atoms in total. The molecule has 0 spiro atoms. The lowest BCUT2D eigenvalue weighted by Crippen LogP contribution is -2.28. The molecule has 0 aliphatic heterocycles. The summed E-state index contributed by atoms with van der Waals surface area (Å²) < 4.78 is 4.84. The van der Waals surface area contributed by atoms with Gasteiger partial charge in [-0.2, -0.15) is 0 Å². The minimum atomic E-state index is -0.418. The minimum Gasteiger partial charge on any atom is -0.448 e. The van der Waals surface area contributed by atoms with Crippen LogP contribution in [-0.2, 0) is 4.74 Å². The van der Waals surface area contributed by atoms with E-state index >= 15 is 0 Å². The van der Waals surface area contributed by atoms with Gasteiger partial charge in [0, 0.05) is 41.4 Å². The van der Waals surface area contributed by atoms with Crippen molar-refractivity contribution in [2.24, 2.45) is 5.73 Å². The number of carbonyl (C=O) groups excluding carboxylic acids is 1. The van der Waals surface area contributed by atoms with Gasteiger partial charge in [-0.1, -0.05) is 25.4 Å². The lowest BCUT2D eigenvalue weighted by Gasteiger charge is -2.17. The quantitative estimate of drug-likeness (QED) is 0.423. The highest BCUT2D eigenvalue weighted by Gasteiger charge is 2.07. The Morgan fingerprint density at radius 1 is 1.32 bits per heavy atom. The Morgan fingerprint density at radius 2 is 2.04 bits per heavy atom. The fourth-order valence-electron chi connectivity index (χ4n) is 2.39. The SMILES string of the molecule is C=C.CC.CC(CCCNC(=O)OCCN)Nc1ccnc2cc(Cl)ccc12. The average Bonchev–Trinajstić information content (AvgIpc) is 2.72. The summed E-state index contributed by atoms with van der Waals surface area (Å²) in [6.07, 6.45) is 3.11. The second-order valence-corrected chi connectivity index (χ2v) is 6.00. The van der Waals surface area contributed by atoms with Crippen molar-refractivity contribution >= 4 is 34.3 Å². The summed E-state index contributed by atoms with van der Waals surface area (Å²) in [5.41, 5.74) is 7.16. The van der Waals surface area contributed by atoms with E-state index in [1.165, 1.54) is 0 Å². The van der Waals surface area contributed by atoms with Crippen molar-refractivity contribution in [3.63, 3.8) is 0 Å². The number of benzene rings is 1. The molecule has 156 valence electrons. The number of rotatable bonds is 8. The third-order valence-electron chi connectivity index (χ3n) is 3.54. The molecule has 0 aliphatic rings. The molecule has 0 aliphatic carbocycles. The van der Waals surface area contributed by atoms with E-state index in [0.717, 1.165) is 29.4 Å². The first kappa shape index (κ1) is 25.7. The van der Waals surface area contributed by atoms with Crippen LogP contribution in [0.2, 0.25) is 5.02 Å². The number of hydrogen-bond donors (Lipinski definition) is 3. The van der Waals surface area contributed by atoms with Crippen LogP contribution >= 0.6 is 11.6 Å². The van der Waals surface area contributed by atoms with Crippen LogP contribution in [0.4, 0.5) is 10.5 Å². The summed E-state index contributed by atoms with van der Waals surface area (Å²) >= 11 is 6.01. The molecule has 1 atom stereocenters. The summed E-state index contributed by atoms with van der Waals surface area (Å²) in [7, 11) is 0. The number of nitrogens with zero attached hydrogens (tertiary/aromatic N) is 1. The summed E-state index contributed by atoms with van der Waals surface area (Å²) in [6.45, 7) is 13.2. The summed E-state index contributed by atoms with van der Waals surface area (Å²) in [5.74, 6) is 0. The van der Waals surface area contributed by atoms with Crippen LogP contribution < -0.4 is 16.4 Å². The van der Waals surface area contributed by atoms with Crippen molar-refractivity contribution in [3.8, 4) is 0 Å². The molecule has 0 saturated carbocycles. The van der Waals surface area contributed by atoms with Gasteiger partial charge in [0.25, 0.3) is 0 Å². The zero-order valence-electron chi connectivity index (χ0n) is 17.1. The van der Waals surface area contributed by atoms with Gasteiger partial charge < -0.3 is 21.1 Å². The first-order chi connectivity index (χ1) is 13.6. The van der Waals surface area contributed by atoms with Crippen LogP contribution in [0.15, 0.2) is 43.6 Å². The number of ether oxygens (including phenoxy) is 1.